The zero-order valence-electron chi connectivity index (χ0n) is 11.6. The number of carbonyl (C=O) groups is 3. The SMILES string of the molecule is CCC(CC)(CC(=O)N1CCNC(=O)CC1)C(=O)O. The van der Waals surface area contributed by atoms with Crippen LogP contribution < -0.4 is 5.32 Å². The van der Waals surface area contributed by atoms with Crippen molar-refractivity contribution in [2.75, 3.05) is 19.6 Å². The molecule has 0 unspecified atom stereocenters. The van der Waals surface area contributed by atoms with Crippen molar-refractivity contribution in [2.45, 2.75) is 39.5 Å². The van der Waals surface area contributed by atoms with Gasteiger partial charge in [0.05, 0.1) is 5.41 Å². The number of carboxylic acid groups (broad SMARTS) is 1. The number of hydrogen-bond acceptors (Lipinski definition) is 3. The lowest BCUT2D eigenvalue weighted by atomic mass is 9.79. The molecule has 1 aliphatic rings. The van der Waals surface area contributed by atoms with Gasteiger partial charge in [-0.25, -0.2) is 0 Å². The summed E-state index contributed by atoms with van der Waals surface area (Å²) in [5, 5.41) is 12.0. The Morgan fingerprint density at radius 2 is 1.95 bits per heavy atom. The van der Waals surface area contributed by atoms with Crippen LogP contribution in [-0.2, 0) is 14.4 Å². The molecular formula is C13H22N2O4. The third kappa shape index (κ3) is 3.68. The maximum absolute atomic E-state index is 12.2. The lowest BCUT2D eigenvalue weighted by Gasteiger charge is -2.29. The van der Waals surface area contributed by atoms with Gasteiger partial charge < -0.3 is 15.3 Å². The summed E-state index contributed by atoms with van der Waals surface area (Å²) in [6, 6.07) is 0. The molecule has 6 nitrogen and oxygen atoms in total. The van der Waals surface area contributed by atoms with Crippen molar-refractivity contribution in [3.8, 4) is 0 Å². The standard InChI is InChI=1S/C13H22N2O4/c1-3-13(4-2,12(18)19)9-11(17)15-7-5-10(16)14-6-8-15/h3-9H2,1-2H3,(H,14,16)(H,18,19). The maximum atomic E-state index is 12.2. The van der Waals surface area contributed by atoms with E-state index < -0.39 is 11.4 Å². The number of aliphatic carboxylic acids is 1. The minimum atomic E-state index is -0.985. The van der Waals surface area contributed by atoms with Crippen LogP contribution in [0.15, 0.2) is 0 Å². The Labute approximate surface area is 113 Å². The van der Waals surface area contributed by atoms with E-state index in [2.05, 4.69) is 5.32 Å². The second kappa shape index (κ2) is 6.54. The topological polar surface area (TPSA) is 86.7 Å². The van der Waals surface area contributed by atoms with Crippen molar-refractivity contribution < 1.29 is 19.5 Å². The Bertz CT molecular complexity index is 364. The van der Waals surface area contributed by atoms with E-state index in [1.807, 2.05) is 0 Å². The summed E-state index contributed by atoms with van der Waals surface area (Å²) in [6.45, 7) is 4.83. The molecule has 0 saturated carbocycles. The summed E-state index contributed by atoms with van der Waals surface area (Å²) in [7, 11) is 0. The molecule has 0 bridgehead atoms. The largest absolute Gasteiger partial charge is 0.481 e. The van der Waals surface area contributed by atoms with E-state index in [-0.39, 0.29) is 24.7 Å². The summed E-state index contributed by atoms with van der Waals surface area (Å²) in [5.41, 5.74) is -0.985. The van der Waals surface area contributed by atoms with Gasteiger partial charge in [-0.15, -0.1) is 0 Å². The van der Waals surface area contributed by atoms with Crippen LogP contribution in [-0.4, -0.2) is 47.4 Å². The second-order valence-corrected chi connectivity index (χ2v) is 4.95. The van der Waals surface area contributed by atoms with Crippen LogP contribution >= 0.6 is 0 Å². The first-order valence-electron chi connectivity index (χ1n) is 6.73. The zero-order valence-corrected chi connectivity index (χ0v) is 11.6. The van der Waals surface area contributed by atoms with Crippen LogP contribution in [0.5, 0.6) is 0 Å². The van der Waals surface area contributed by atoms with Gasteiger partial charge in [0, 0.05) is 32.5 Å². The van der Waals surface area contributed by atoms with Crippen molar-refractivity contribution in [3.05, 3.63) is 0 Å². The quantitative estimate of drug-likeness (QED) is 0.766. The van der Waals surface area contributed by atoms with Crippen molar-refractivity contribution >= 4 is 17.8 Å². The molecule has 1 fully saturated rings. The first-order chi connectivity index (χ1) is 8.95. The highest BCUT2D eigenvalue weighted by Gasteiger charge is 2.38. The third-order valence-electron chi connectivity index (χ3n) is 3.96. The molecule has 0 radical (unpaired) electrons. The van der Waals surface area contributed by atoms with Gasteiger partial charge in [-0.1, -0.05) is 13.8 Å². The molecule has 108 valence electrons. The van der Waals surface area contributed by atoms with Gasteiger partial charge in [-0.3, -0.25) is 14.4 Å². The summed E-state index contributed by atoms with van der Waals surface area (Å²) in [6.07, 6.45) is 1.14. The first kappa shape index (κ1) is 15.5. The highest BCUT2D eigenvalue weighted by Crippen LogP contribution is 2.31. The number of nitrogens with zero attached hydrogens (tertiary/aromatic N) is 1. The van der Waals surface area contributed by atoms with Crippen LogP contribution in [0.4, 0.5) is 0 Å². The fraction of sp³-hybridized carbons (Fsp3) is 0.769. The Balaban J connectivity index is 2.71. The number of rotatable bonds is 5. The van der Waals surface area contributed by atoms with E-state index in [1.54, 1.807) is 18.7 Å². The van der Waals surface area contributed by atoms with Crippen LogP contribution in [0.1, 0.15) is 39.5 Å². The zero-order chi connectivity index (χ0) is 14.5. The van der Waals surface area contributed by atoms with E-state index in [0.29, 0.717) is 32.5 Å². The molecule has 0 aromatic rings. The van der Waals surface area contributed by atoms with Crippen LogP contribution in [0.2, 0.25) is 0 Å². The van der Waals surface area contributed by atoms with E-state index >= 15 is 0 Å². The average Bonchev–Trinajstić information content (AvgIpc) is 2.60. The van der Waals surface area contributed by atoms with Gasteiger partial charge in [-0.2, -0.15) is 0 Å². The number of hydrogen-bond donors (Lipinski definition) is 2. The number of carboxylic acids is 1. The van der Waals surface area contributed by atoms with E-state index in [0.717, 1.165) is 0 Å². The monoisotopic (exact) mass is 270 g/mol. The van der Waals surface area contributed by atoms with Gasteiger partial charge in [0.25, 0.3) is 0 Å². The molecule has 19 heavy (non-hydrogen) atoms. The molecule has 1 heterocycles. The molecule has 0 aromatic carbocycles. The summed E-state index contributed by atoms with van der Waals surface area (Å²) in [4.78, 5) is 36.4. The number of amides is 2. The third-order valence-corrected chi connectivity index (χ3v) is 3.96. The first-order valence-corrected chi connectivity index (χ1v) is 6.73. The van der Waals surface area contributed by atoms with E-state index in [4.69, 9.17) is 0 Å². The summed E-state index contributed by atoms with van der Waals surface area (Å²) in [5.74, 6) is -1.16. The van der Waals surface area contributed by atoms with Crippen molar-refractivity contribution in [1.29, 1.82) is 0 Å². The Morgan fingerprint density at radius 1 is 1.32 bits per heavy atom. The lowest BCUT2D eigenvalue weighted by Crippen LogP contribution is -2.40. The molecule has 1 aliphatic heterocycles. The van der Waals surface area contributed by atoms with Gasteiger partial charge in [0.2, 0.25) is 11.8 Å². The van der Waals surface area contributed by atoms with Crippen LogP contribution in [0.25, 0.3) is 0 Å². The smallest absolute Gasteiger partial charge is 0.310 e. The minimum Gasteiger partial charge on any atom is -0.481 e. The molecular weight excluding hydrogens is 248 g/mol. The lowest BCUT2D eigenvalue weighted by molar-refractivity contribution is -0.154. The summed E-state index contributed by atoms with van der Waals surface area (Å²) < 4.78 is 0. The molecule has 6 heteroatoms. The van der Waals surface area contributed by atoms with Crippen molar-refractivity contribution in [2.24, 2.45) is 5.41 Å². The number of carbonyl (C=O) groups excluding carboxylic acids is 2. The van der Waals surface area contributed by atoms with Crippen LogP contribution in [0.3, 0.4) is 0 Å². The number of nitrogens with one attached hydrogen (secondary N) is 1. The highest BCUT2D eigenvalue weighted by molar-refractivity contribution is 5.85. The Morgan fingerprint density at radius 3 is 2.47 bits per heavy atom. The summed E-state index contributed by atoms with van der Waals surface area (Å²) >= 11 is 0. The molecule has 1 rings (SSSR count). The molecule has 0 atom stereocenters. The Kier molecular flexibility index (Phi) is 5.32. The van der Waals surface area contributed by atoms with E-state index in [9.17, 15) is 19.5 Å². The molecule has 0 aliphatic carbocycles. The molecule has 0 aromatic heterocycles. The van der Waals surface area contributed by atoms with E-state index in [1.165, 1.54) is 0 Å². The highest BCUT2D eigenvalue weighted by atomic mass is 16.4. The minimum absolute atomic E-state index is 0.00350. The maximum Gasteiger partial charge on any atom is 0.310 e. The molecule has 0 spiro atoms. The fourth-order valence-electron chi connectivity index (χ4n) is 2.30. The second-order valence-electron chi connectivity index (χ2n) is 4.95. The molecule has 2 N–H and O–H groups in total. The predicted molar refractivity (Wildman–Crippen MR) is 69.5 cm³/mol. The molecule has 2 amide bonds. The predicted octanol–water partition coefficient (Wildman–Crippen LogP) is 0.616. The van der Waals surface area contributed by atoms with Crippen molar-refractivity contribution in [3.63, 3.8) is 0 Å². The van der Waals surface area contributed by atoms with Gasteiger partial charge in [-0.05, 0) is 12.8 Å². The molecule has 1 saturated heterocycles. The van der Waals surface area contributed by atoms with Crippen LogP contribution in [0, 0.1) is 5.41 Å². The van der Waals surface area contributed by atoms with Crippen molar-refractivity contribution in [1.82, 2.24) is 10.2 Å². The van der Waals surface area contributed by atoms with Gasteiger partial charge in [0.1, 0.15) is 0 Å². The van der Waals surface area contributed by atoms with Gasteiger partial charge in [0.15, 0.2) is 0 Å². The normalized spacial score (nSPS) is 16.7. The Hall–Kier alpha value is -1.59. The fourth-order valence-corrected chi connectivity index (χ4v) is 2.30. The van der Waals surface area contributed by atoms with Gasteiger partial charge >= 0.3 is 5.97 Å². The average molecular weight is 270 g/mol.